The number of ether oxygens (including phenoxy) is 1. The van der Waals surface area contributed by atoms with Crippen molar-refractivity contribution < 1.29 is 32.2 Å². The highest BCUT2D eigenvalue weighted by Gasteiger charge is 2.60. The first kappa shape index (κ1) is 23.3. The molecule has 7 nitrogen and oxygen atoms in total. The molecule has 2 aromatic carbocycles. The third-order valence-corrected chi connectivity index (χ3v) is 6.96. The van der Waals surface area contributed by atoms with E-state index in [4.69, 9.17) is 22.2 Å². The number of rotatable bonds is 3. The molecule has 35 heavy (non-hydrogen) atoms. The van der Waals surface area contributed by atoms with Crippen molar-refractivity contribution in [2.24, 2.45) is 0 Å². The molecule has 0 aromatic heterocycles. The summed E-state index contributed by atoms with van der Waals surface area (Å²) in [6, 6.07) is 8.16. The maximum absolute atomic E-state index is 15.2. The fourth-order valence-corrected chi connectivity index (χ4v) is 5.21. The van der Waals surface area contributed by atoms with Crippen molar-refractivity contribution in [3.8, 4) is 11.8 Å². The smallest absolute Gasteiger partial charge is 0.420 e. The van der Waals surface area contributed by atoms with Gasteiger partial charge in [-0.15, -0.1) is 0 Å². The van der Waals surface area contributed by atoms with Crippen LogP contribution in [0.3, 0.4) is 0 Å². The number of benzene rings is 2. The van der Waals surface area contributed by atoms with Gasteiger partial charge >= 0.3 is 6.18 Å². The lowest BCUT2D eigenvalue weighted by Crippen LogP contribution is -2.55. The molecule has 1 saturated carbocycles. The number of halogens is 4. The summed E-state index contributed by atoms with van der Waals surface area (Å²) in [6.45, 7) is 0.178. The summed E-state index contributed by atoms with van der Waals surface area (Å²) in [6.07, 6.45) is -4.09. The molecule has 3 aliphatic rings. The Morgan fingerprint density at radius 2 is 2.03 bits per heavy atom. The van der Waals surface area contributed by atoms with Gasteiger partial charge in [0.2, 0.25) is 0 Å². The molecule has 1 amide bonds. The average molecular weight is 506 g/mol. The van der Waals surface area contributed by atoms with Crippen molar-refractivity contribution in [1.82, 2.24) is 0 Å². The summed E-state index contributed by atoms with van der Waals surface area (Å²) in [5, 5.41) is 21.4. The van der Waals surface area contributed by atoms with Gasteiger partial charge in [0.1, 0.15) is 23.0 Å². The van der Waals surface area contributed by atoms with Crippen molar-refractivity contribution in [3.63, 3.8) is 0 Å². The van der Waals surface area contributed by atoms with Gasteiger partial charge in [0.15, 0.2) is 10.9 Å². The lowest BCUT2D eigenvalue weighted by molar-refractivity contribution is -0.140. The molecule has 0 radical (unpaired) electrons. The number of nitrogens with one attached hydrogen (secondary N) is 1. The van der Waals surface area contributed by atoms with Crippen molar-refractivity contribution in [3.05, 3.63) is 47.3 Å². The predicted octanol–water partition coefficient (Wildman–Crippen LogP) is 3.94. The zero-order valence-corrected chi connectivity index (χ0v) is 18.8. The lowest BCUT2D eigenvalue weighted by atomic mass is 9.75. The minimum absolute atomic E-state index is 0.156. The Bertz CT molecular complexity index is 1290. The van der Waals surface area contributed by atoms with E-state index < -0.39 is 46.4 Å². The lowest BCUT2D eigenvalue weighted by Gasteiger charge is -2.43. The Balaban J connectivity index is 1.59. The van der Waals surface area contributed by atoms with E-state index in [0.29, 0.717) is 42.9 Å². The fourth-order valence-electron chi connectivity index (χ4n) is 4.75. The molecular formula is C23H18F4N4O3S. The molecule has 1 saturated heterocycles. The van der Waals surface area contributed by atoms with Crippen LogP contribution in [0.25, 0.3) is 0 Å². The fraction of sp³-hybridized carbons (Fsp3) is 0.348. The predicted molar refractivity (Wildman–Crippen MR) is 122 cm³/mol. The Hall–Kier alpha value is -3.43. The summed E-state index contributed by atoms with van der Waals surface area (Å²) >= 11 is 5.54. The molecule has 2 aliphatic heterocycles. The standard InChI is InChI=1S/C23H18F4N4O3S/c24-19-16(4-2-12(9-28)18(19)23(25,26)27)30-20(33)22(6-1-7-22)31(21(30)35)13-3-5-17-15(8-13)29-10-14(11-32)34-17/h2-5,8,14,29,32H,1,6-7,10-11H2/t14-/m0/s1. The molecule has 0 bridgehead atoms. The second-order valence-corrected chi connectivity index (χ2v) is 8.92. The van der Waals surface area contributed by atoms with E-state index >= 15 is 4.39 Å². The first-order chi connectivity index (χ1) is 16.6. The van der Waals surface area contributed by atoms with Crippen LogP contribution in [0.1, 0.15) is 30.4 Å². The molecule has 5 rings (SSSR count). The molecule has 2 fully saturated rings. The molecule has 2 aromatic rings. The van der Waals surface area contributed by atoms with Gasteiger partial charge in [-0.25, -0.2) is 4.39 Å². The number of thiocarbonyl (C=S) groups is 1. The van der Waals surface area contributed by atoms with Crippen molar-refractivity contribution in [2.45, 2.75) is 37.1 Å². The van der Waals surface area contributed by atoms with E-state index in [-0.39, 0.29) is 11.7 Å². The third-order valence-electron chi connectivity index (χ3n) is 6.60. The summed E-state index contributed by atoms with van der Waals surface area (Å²) < 4.78 is 61.6. The highest BCUT2D eigenvalue weighted by molar-refractivity contribution is 7.81. The van der Waals surface area contributed by atoms with Crippen LogP contribution >= 0.6 is 12.2 Å². The number of carbonyl (C=O) groups is 1. The van der Waals surface area contributed by atoms with Crippen LogP contribution in [-0.2, 0) is 11.0 Å². The van der Waals surface area contributed by atoms with Crippen LogP contribution in [0.2, 0.25) is 0 Å². The zero-order chi connectivity index (χ0) is 25.1. The van der Waals surface area contributed by atoms with E-state index in [9.17, 15) is 23.1 Å². The van der Waals surface area contributed by atoms with E-state index in [1.165, 1.54) is 6.07 Å². The van der Waals surface area contributed by atoms with Crippen LogP contribution in [0, 0.1) is 17.1 Å². The van der Waals surface area contributed by atoms with Crippen LogP contribution in [0.15, 0.2) is 30.3 Å². The van der Waals surface area contributed by atoms with Gasteiger partial charge in [-0.3, -0.25) is 9.69 Å². The van der Waals surface area contributed by atoms with Crippen LogP contribution in [0.5, 0.6) is 5.75 Å². The maximum atomic E-state index is 15.2. The number of aliphatic hydroxyl groups is 1. The van der Waals surface area contributed by atoms with Crippen molar-refractivity contribution in [2.75, 3.05) is 28.3 Å². The van der Waals surface area contributed by atoms with Gasteiger partial charge in [0.05, 0.1) is 36.2 Å². The van der Waals surface area contributed by atoms with Gasteiger partial charge in [0.25, 0.3) is 5.91 Å². The molecule has 0 unspecified atom stereocenters. The summed E-state index contributed by atoms with van der Waals surface area (Å²) in [4.78, 5) is 15.9. The summed E-state index contributed by atoms with van der Waals surface area (Å²) in [5.41, 5.74) is -3.32. The van der Waals surface area contributed by atoms with E-state index in [0.717, 1.165) is 17.0 Å². The Labute approximate surface area is 202 Å². The first-order valence-electron chi connectivity index (χ1n) is 10.8. The second-order valence-electron chi connectivity index (χ2n) is 8.56. The van der Waals surface area contributed by atoms with Gasteiger partial charge < -0.3 is 20.1 Å². The molecule has 12 heteroatoms. The van der Waals surface area contributed by atoms with Crippen molar-refractivity contribution >= 4 is 40.3 Å². The van der Waals surface area contributed by atoms with Gasteiger partial charge in [-0.2, -0.15) is 18.4 Å². The maximum Gasteiger partial charge on any atom is 0.420 e. The van der Waals surface area contributed by atoms with Crippen LogP contribution < -0.4 is 19.9 Å². The monoisotopic (exact) mass is 506 g/mol. The van der Waals surface area contributed by atoms with E-state index in [1.54, 1.807) is 23.1 Å². The number of nitrogens with zero attached hydrogens (tertiary/aromatic N) is 3. The number of nitriles is 1. The van der Waals surface area contributed by atoms with E-state index in [2.05, 4.69) is 5.32 Å². The number of amides is 1. The third kappa shape index (κ3) is 3.41. The first-order valence-corrected chi connectivity index (χ1v) is 11.2. The molecule has 1 spiro atoms. The molecule has 182 valence electrons. The van der Waals surface area contributed by atoms with Gasteiger partial charge in [0, 0.05) is 5.69 Å². The van der Waals surface area contributed by atoms with Crippen molar-refractivity contribution in [1.29, 1.82) is 5.26 Å². The van der Waals surface area contributed by atoms with Crippen LogP contribution in [-0.4, -0.2) is 40.9 Å². The molecule has 1 atom stereocenters. The Kier molecular flexibility index (Phi) is 5.37. The summed E-state index contributed by atoms with van der Waals surface area (Å²) in [5.74, 6) is -1.85. The number of anilines is 3. The van der Waals surface area contributed by atoms with Gasteiger partial charge in [-0.1, -0.05) is 0 Å². The number of hydrogen-bond donors (Lipinski definition) is 2. The topological polar surface area (TPSA) is 88.8 Å². The quantitative estimate of drug-likeness (QED) is 0.482. The zero-order valence-electron chi connectivity index (χ0n) is 18.0. The van der Waals surface area contributed by atoms with E-state index in [1.807, 2.05) is 0 Å². The second kappa shape index (κ2) is 8.07. The molecular weight excluding hydrogens is 488 g/mol. The molecule has 1 aliphatic carbocycles. The van der Waals surface area contributed by atoms with Gasteiger partial charge in [-0.05, 0) is 61.8 Å². The minimum Gasteiger partial charge on any atom is -0.484 e. The number of alkyl halides is 3. The molecule has 2 heterocycles. The van der Waals surface area contributed by atoms with Crippen LogP contribution in [0.4, 0.5) is 34.6 Å². The highest BCUT2D eigenvalue weighted by Crippen LogP contribution is 2.50. The SMILES string of the molecule is N#Cc1ccc(N2C(=O)C3(CCC3)N(c3ccc4c(c3)NC[C@@H](CO)O4)C2=S)c(F)c1C(F)(F)F. The molecule has 2 N–H and O–H groups in total. The number of aliphatic hydroxyl groups excluding tert-OH is 1. The average Bonchev–Trinajstić information content (AvgIpc) is 3.04. The normalized spacial score (nSPS) is 20.7. The number of hydrogen-bond acceptors (Lipinski definition) is 6. The summed E-state index contributed by atoms with van der Waals surface area (Å²) in [7, 11) is 0. The number of fused-ring (bicyclic) bond motifs is 1. The number of carbonyl (C=O) groups excluding carboxylic acids is 1. The largest absolute Gasteiger partial charge is 0.484 e. The minimum atomic E-state index is -5.14. The highest BCUT2D eigenvalue weighted by atomic mass is 32.1. The Morgan fingerprint density at radius 1 is 1.29 bits per heavy atom. The Morgan fingerprint density at radius 3 is 2.63 bits per heavy atom.